The number of aromatic nitrogens is 2. The van der Waals surface area contributed by atoms with Gasteiger partial charge in [-0.2, -0.15) is 0 Å². The van der Waals surface area contributed by atoms with Crippen molar-refractivity contribution in [3.05, 3.63) is 58.4 Å². The van der Waals surface area contributed by atoms with Gasteiger partial charge in [-0.3, -0.25) is 4.79 Å². The summed E-state index contributed by atoms with van der Waals surface area (Å²) in [5.74, 6) is 0.403. The lowest BCUT2D eigenvalue weighted by molar-refractivity contribution is 0.625. The van der Waals surface area contributed by atoms with Crippen molar-refractivity contribution in [1.29, 1.82) is 0 Å². The molecule has 0 unspecified atom stereocenters. The molecule has 0 amide bonds. The minimum absolute atomic E-state index is 0.111. The van der Waals surface area contributed by atoms with Crippen molar-refractivity contribution in [2.75, 3.05) is 5.32 Å². The van der Waals surface area contributed by atoms with E-state index >= 15 is 0 Å². The third-order valence-corrected chi connectivity index (χ3v) is 3.64. The molecule has 0 spiro atoms. The van der Waals surface area contributed by atoms with E-state index in [1.807, 2.05) is 13.0 Å². The summed E-state index contributed by atoms with van der Waals surface area (Å²) < 4.78 is 14.8. The monoisotopic (exact) mass is 273 g/mol. The van der Waals surface area contributed by atoms with Crippen LogP contribution < -0.4 is 10.9 Å². The Morgan fingerprint density at radius 1 is 1.50 bits per heavy atom. The van der Waals surface area contributed by atoms with Crippen molar-refractivity contribution in [2.24, 2.45) is 0 Å². The molecule has 0 radical (unpaired) electrons. The summed E-state index contributed by atoms with van der Waals surface area (Å²) in [6, 6.07) is 6.77. The molecule has 3 rings (SSSR count). The van der Waals surface area contributed by atoms with Crippen LogP contribution in [-0.4, -0.2) is 15.6 Å². The van der Waals surface area contributed by atoms with Gasteiger partial charge < -0.3 is 9.88 Å². The molecule has 1 aliphatic carbocycles. The van der Waals surface area contributed by atoms with Gasteiger partial charge >= 0.3 is 0 Å². The average molecular weight is 273 g/mol. The number of hydrogen-bond donors (Lipinski definition) is 1. The van der Waals surface area contributed by atoms with E-state index in [4.69, 9.17) is 0 Å². The number of benzene rings is 1. The first-order chi connectivity index (χ1) is 9.69. The highest BCUT2D eigenvalue weighted by Crippen LogP contribution is 2.42. The molecule has 5 heteroatoms. The fourth-order valence-corrected chi connectivity index (χ4v) is 2.43. The van der Waals surface area contributed by atoms with Crippen molar-refractivity contribution in [3.8, 4) is 0 Å². The second-order valence-corrected chi connectivity index (χ2v) is 5.02. The minimum atomic E-state index is -0.223. The number of aryl methyl sites for hydroxylation is 1. The van der Waals surface area contributed by atoms with Crippen molar-refractivity contribution < 1.29 is 4.39 Å². The smallest absolute Gasteiger partial charge is 0.293 e. The number of nitrogens with one attached hydrogen (secondary N) is 1. The molecule has 104 valence electrons. The van der Waals surface area contributed by atoms with Gasteiger partial charge in [0.2, 0.25) is 0 Å². The molecule has 0 bridgehead atoms. The third kappa shape index (κ3) is 2.43. The van der Waals surface area contributed by atoms with Crippen LogP contribution in [-0.2, 0) is 6.54 Å². The molecule has 1 aromatic heterocycles. The average Bonchev–Trinajstić information content (AvgIpc) is 3.20. The van der Waals surface area contributed by atoms with Gasteiger partial charge in [-0.25, -0.2) is 9.37 Å². The van der Waals surface area contributed by atoms with Gasteiger partial charge in [0.05, 0.1) is 0 Å². The van der Waals surface area contributed by atoms with Crippen LogP contribution in [0.25, 0.3) is 0 Å². The summed E-state index contributed by atoms with van der Waals surface area (Å²) in [6.07, 6.45) is 4.18. The van der Waals surface area contributed by atoms with Gasteiger partial charge in [-0.1, -0.05) is 12.1 Å². The molecule has 4 nitrogen and oxygen atoms in total. The van der Waals surface area contributed by atoms with Crippen LogP contribution in [0.5, 0.6) is 0 Å². The molecule has 1 fully saturated rings. The molecule has 0 aliphatic heterocycles. The number of rotatable bonds is 4. The molecule has 2 atom stereocenters. The van der Waals surface area contributed by atoms with E-state index in [-0.39, 0.29) is 23.3 Å². The Hall–Kier alpha value is -2.17. The van der Waals surface area contributed by atoms with E-state index in [0.717, 1.165) is 12.0 Å². The van der Waals surface area contributed by atoms with Crippen LogP contribution in [0.15, 0.2) is 41.5 Å². The van der Waals surface area contributed by atoms with Gasteiger partial charge in [0.15, 0.2) is 5.82 Å². The van der Waals surface area contributed by atoms with Gasteiger partial charge in [0, 0.05) is 30.9 Å². The Labute approximate surface area is 116 Å². The second-order valence-electron chi connectivity index (χ2n) is 5.02. The first-order valence-electron chi connectivity index (χ1n) is 6.76. The van der Waals surface area contributed by atoms with E-state index in [0.29, 0.717) is 12.4 Å². The van der Waals surface area contributed by atoms with Crippen LogP contribution >= 0.6 is 0 Å². The zero-order chi connectivity index (χ0) is 14.1. The zero-order valence-corrected chi connectivity index (χ0v) is 11.2. The highest BCUT2D eigenvalue weighted by atomic mass is 19.1. The van der Waals surface area contributed by atoms with Crippen molar-refractivity contribution in [2.45, 2.75) is 31.8 Å². The van der Waals surface area contributed by atoms with E-state index in [2.05, 4.69) is 10.3 Å². The molecule has 1 saturated carbocycles. The summed E-state index contributed by atoms with van der Waals surface area (Å²) in [7, 11) is 0. The Kier molecular flexibility index (Phi) is 3.26. The van der Waals surface area contributed by atoms with Gasteiger partial charge in [0.25, 0.3) is 5.56 Å². The van der Waals surface area contributed by atoms with E-state index in [1.54, 1.807) is 29.1 Å². The Balaban J connectivity index is 1.74. The lowest BCUT2D eigenvalue weighted by Crippen LogP contribution is -2.24. The second kappa shape index (κ2) is 5.07. The van der Waals surface area contributed by atoms with Crippen LogP contribution in [0.3, 0.4) is 0 Å². The highest BCUT2D eigenvalue weighted by molar-refractivity contribution is 5.40. The molecule has 20 heavy (non-hydrogen) atoms. The van der Waals surface area contributed by atoms with Crippen molar-refractivity contribution in [1.82, 2.24) is 9.55 Å². The summed E-state index contributed by atoms with van der Waals surface area (Å²) >= 11 is 0. The Bertz CT molecular complexity index is 683. The molecule has 1 heterocycles. The van der Waals surface area contributed by atoms with E-state index in [9.17, 15) is 9.18 Å². The quantitative estimate of drug-likeness (QED) is 0.930. The predicted molar refractivity (Wildman–Crippen MR) is 75.3 cm³/mol. The maximum atomic E-state index is 13.2. The summed E-state index contributed by atoms with van der Waals surface area (Å²) in [4.78, 5) is 16.1. The molecule has 1 aliphatic rings. The minimum Gasteiger partial charge on any atom is -0.362 e. The van der Waals surface area contributed by atoms with Gasteiger partial charge in [-0.15, -0.1) is 0 Å². The van der Waals surface area contributed by atoms with Gasteiger partial charge in [-0.05, 0) is 31.0 Å². The van der Waals surface area contributed by atoms with E-state index < -0.39 is 0 Å². The largest absolute Gasteiger partial charge is 0.362 e. The standard InChI is InChI=1S/C15H16FN3O/c1-2-19-7-6-17-14(15(19)20)18-13-9-12(13)10-4-3-5-11(16)8-10/h3-8,12-13H,2,9H2,1H3,(H,17,18)/t12-,13+/m0/s1. The molecule has 1 N–H and O–H groups in total. The number of halogens is 1. The molecule has 1 aromatic carbocycles. The normalized spacial score (nSPS) is 20.7. The van der Waals surface area contributed by atoms with Crippen molar-refractivity contribution >= 4 is 5.82 Å². The maximum Gasteiger partial charge on any atom is 0.293 e. The first-order valence-corrected chi connectivity index (χ1v) is 6.76. The molecular formula is C15H16FN3O. The summed E-state index contributed by atoms with van der Waals surface area (Å²) in [5.41, 5.74) is 0.856. The third-order valence-electron chi connectivity index (χ3n) is 3.64. The SMILES string of the molecule is CCn1ccnc(N[C@@H]2C[C@H]2c2cccc(F)c2)c1=O. The molecular weight excluding hydrogens is 257 g/mol. The predicted octanol–water partition coefficient (Wildman–Crippen LogP) is 2.37. The summed E-state index contributed by atoms with van der Waals surface area (Å²) in [6.45, 7) is 2.53. The first kappa shape index (κ1) is 12.8. The summed E-state index contributed by atoms with van der Waals surface area (Å²) in [5, 5.41) is 3.16. The van der Waals surface area contributed by atoms with Crippen LogP contribution in [0.4, 0.5) is 10.2 Å². The zero-order valence-electron chi connectivity index (χ0n) is 11.2. The topological polar surface area (TPSA) is 46.9 Å². The molecule has 2 aromatic rings. The lowest BCUT2D eigenvalue weighted by atomic mass is 10.1. The highest BCUT2D eigenvalue weighted by Gasteiger charge is 2.39. The van der Waals surface area contributed by atoms with E-state index in [1.165, 1.54) is 6.07 Å². The van der Waals surface area contributed by atoms with Crippen LogP contribution in [0.1, 0.15) is 24.8 Å². The lowest BCUT2D eigenvalue weighted by Gasteiger charge is -2.07. The van der Waals surface area contributed by atoms with Gasteiger partial charge in [0.1, 0.15) is 5.82 Å². The number of nitrogens with zero attached hydrogens (tertiary/aromatic N) is 2. The number of hydrogen-bond acceptors (Lipinski definition) is 3. The Morgan fingerprint density at radius 2 is 2.35 bits per heavy atom. The maximum absolute atomic E-state index is 13.2. The number of anilines is 1. The fraction of sp³-hybridized carbons (Fsp3) is 0.333. The fourth-order valence-electron chi connectivity index (χ4n) is 2.43. The molecule has 0 saturated heterocycles. The van der Waals surface area contributed by atoms with Crippen molar-refractivity contribution in [3.63, 3.8) is 0 Å². The van der Waals surface area contributed by atoms with Crippen LogP contribution in [0.2, 0.25) is 0 Å². The van der Waals surface area contributed by atoms with Crippen LogP contribution in [0, 0.1) is 5.82 Å². The Morgan fingerprint density at radius 3 is 3.10 bits per heavy atom.